The third kappa shape index (κ3) is 8.92. The molecule has 136 valence electrons. The van der Waals surface area contributed by atoms with Crippen LogP contribution in [0.25, 0.3) is 0 Å². The number of nitrogens with zero attached hydrogens (tertiary/aromatic N) is 1. The maximum Gasteiger partial charge on any atom is 0.328 e. The fourth-order valence-corrected chi connectivity index (χ4v) is 1.87. The maximum atomic E-state index is 12.4. The molecule has 0 heterocycles. The average Bonchev–Trinajstić information content (AvgIpc) is 2.43. The lowest BCUT2D eigenvalue weighted by atomic mass is 10.1. The van der Waals surface area contributed by atoms with Crippen molar-refractivity contribution in [2.75, 3.05) is 13.1 Å². The van der Waals surface area contributed by atoms with Crippen molar-refractivity contribution >= 4 is 23.8 Å². The second-order valence-corrected chi connectivity index (χ2v) is 6.03. The highest BCUT2D eigenvalue weighted by atomic mass is 16.6. The molecule has 1 atom stereocenters. The van der Waals surface area contributed by atoms with Crippen molar-refractivity contribution in [3.63, 3.8) is 0 Å². The van der Waals surface area contributed by atoms with Crippen LogP contribution in [0.4, 0.5) is 0 Å². The summed E-state index contributed by atoms with van der Waals surface area (Å²) < 4.78 is 5.17. The van der Waals surface area contributed by atoms with Gasteiger partial charge in [0.1, 0.15) is 11.6 Å². The Balaban J connectivity index is 5.15. The van der Waals surface area contributed by atoms with E-state index in [1.165, 1.54) is 4.90 Å². The molecule has 0 rings (SSSR count). The summed E-state index contributed by atoms with van der Waals surface area (Å²) in [5, 5.41) is 10.9. The molecule has 0 saturated carbocycles. The summed E-state index contributed by atoms with van der Waals surface area (Å²) in [4.78, 5) is 48.1. The molecule has 2 N–H and O–H groups in total. The van der Waals surface area contributed by atoms with Crippen LogP contribution in [0.1, 0.15) is 41.0 Å². The Kier molecular flexibility index (Phi) is 8.73. The fourth-order valence-electron chi connectivity index (χ4n) is 1.87. The molecule has 0 aliphatic carbocycles. The summed E-state index contributed by atoms with van der Waals surface area (Å²) >= 11 is 0. The number of ether oxygens (including phenoxy) is 1. The van der Waals surface area contributed by atoms with Crippen LogP contribution in [-0.4, -0.2) is 58.5 Å². The van der Waals surface area contributed by atoms with E-state index in [9.17, 15) is 19.2 Å². The lowest BCUT2D eigenvalue weighted by Gasteiger charge is -2.26. The molecule has 0 radical (unpaired) electrons. The van der Waals surface area contributed by atoms with Crippen LogP contribution in [0.2, 0.25) is 0 Å². The predicted octanol–water partition coefficient (Wildman–Crippen LogP) is 0.712. The summed E-state index contributed by atoms with van der Waals surface area (Å²) in [6.45, 7) is 9.47. The van der Waals surface area contributed by atoms with E-state index >= 15 is 0 Å². The summed E-state index contributed by atoms with van der Waals surface area (Å²) in [5.74, 6) is -3.12. The number of carbonyl (C=O) groups excluding carboxylic acids is 3. The van der Waals surface area contributed by atoms with Gasteiger partial charge >= 0.3 is 11.9 Å². The molecule has 0 aliphatic rings. The number of aliphatic carboxylic acids is 1. The Hall–Kier alpha value is -2.38. The highest BCUT2D eigenvalue weighted by Crippen LogP contribution is 2.10. The quantitative estimate of drug-likeness (QED) is 0.496. The van der Waals surface area contributed by atoms with Crippen LogP contribution in [-0.2, 0) is 23.9 Å². The lowest BCUT2D eigenvalue weighted by molar-refractivity contribution is -0.157. The highest BCUT2D eigenvalue weighted by molar-refractivity contribution is 5.97. The number of carboxylic acids is 1. The molecule has 1 unspecified atom stereocenters. The molecule has 0 aromatic heterocycles. The van der Waals surface area contributed by atoms with Crippen molar-refractivity contribution in [2.45, 2.75) is 52.7 Å². The Morgan fingerprint density at radius 2 is 1.67 bits per heavy atom. The van der Waals surface area contributed by atoms with Gasteiger partial charge in [-0.25, -0.2) is 4.79 Å². The normalized spacial score (nSPS) is 12.5. The first-order valence-corrected chi connectivity index (χ1v) is 7.72. The zero-order valence-electron chi connectivity index (χ0n) is 14.8. The van der Waals surface area contributed by atoms with Crippen LogP contribution >= 0.6 is 0 Å². The summed E-state index contributed by atoms with van der Waals surface area (Å²) in [6.07, 6.45) is 1.11. The standard InChI is InChI=1S/C16H26N2O6/c1-6-18(7-2)15(23)11(10-14(22)24-16(3,4)5)17-12(19)8-9-13(20)21/h8-9,11H,6-7,10H2,1-5H3,(H,17,19)(H,20,21)/b9-8-. The number of hydrogen-bond donors (Lipinski definition) is 2. The number of esters is 1. The van der Waals surface area contributed by atoms with Gasteiger partial charge in [0.2, 0.25) is 11.8 Å². The van der Waals surface area contributed by atoms with Crippen molar-refractivity contribution in [3.05, 3.63) is 12.2 Å². The van der Waals surface area contributed by atoms with E-state index in [1.807, 2.05) is 0 Å². The minimum Gasteiger partial charge on any atom is -0.478 e. The molecule has 8 heteroatoms. The molecular weight excluding hydrogens is 316 g/mol. The monoisotopic (exact) mass is 342 g/mol. The number of nitrogens with one attached hydrogen (secondary N) is 1. The van der Waals surface area contributed by atoms with E-state index < -0.39 is 35.4 Å². The summed E-state index contributed by atoms with van der Waals surface area (Å²) in [6, 6.07) is -1.12. The van der Waals surface area contributed by atoms with Gasteiger partial charge in [0.15, 0.2) is 0 Å². The molecule has 0 aromatic rings. The van der Waals surface area contributed by atoms with Gasteiger partial charge in [-0.3, -0.25) is 14.4 Å². The summed E-state index contributed by atoms with van der Waals surface area (Å²) in [7, 11) is 0. The molecule has 2 amide bonds. The second kappa shape index (κ2) is 9.69. The number of rotatable bonds is 8. The maximum absolute atomic E-state index is 12.4. The molecule has 0 saturated heterocycles. The van der Waals surface area contributed by atoms with E-state index in [0.29, 0.717) is 19.2 Å². The average molecular weight is 342 g/mol. The third-order valence-electron chi connectivity index (χ3n) is 2.86. The molecular formula is C16H26N2O6. The Bertz CT molecular complexity index is 503. The smallest absolute Gasteiger partial charge is 0.328 e. The molecule has 0 aromatic carbocycles. The molecule has 8 nitrogen and oxygen atoms in total. The number of carboxylic acid groups (broad SMARTS) is 1. The number of likely N-dealkylation sites (N-methyl/N-ethyl adjacent to an activating group) is 1. The van der Waals surface area contributed by atoms with Gasteiger partial charge in [-0.05, 0) is 34.6 Å². The fraction of sp³-hybridized carbons (Fsp3) is 0.625. The Labute approximate surface area is 141 Å². The lowest BCUT2D eigenvalue weighted by Crippen LogP contribution is -2.49. The third-order valence-corrected chi connectivity index (χ3v) is 2.86. The SMILES string of the molecule is CCN(CC)C(=O)C(CC(=O)OC(C)(C)C)NC(=O)/C=C\C(=O)O. The van der Waals surface area contributed by atoms with Gasteiger partial charge in [-0.2, -0.15) is 0 Å². The van der Waals surface area contributed by atoms with Gasteiger partial charge in [0.05, 0.1) is 6.42 Å². The van der Waals surface area contributed by atoms with Gasteiger partial charge < -0.3 is 20.1 Å². The van der Waals surface area contributed by atoms with E-state index in [0.717, 1.165) is 6.08 Å². The van der Waals surface area contributed by atoms with Gasteiger partial charge in [0.25, 0.3) is 0 Å². The van der Waals surface area contributed by atoms with Gasteiger partial charge in [-0.1, -0.05) is 0 Å². The van der Waals surface area contributed by atoms with E-state index in [-0.39, 0.29) is 6.42 Å². The molecule has 24 heavy (non-hydrogen) atoms. The molecule has 0 spiro atoms. The summed E-state index contributed by atoms with van der Waals surface area (Å²) in [5.41, 5.74) is -0.715. The van der Waals surface area contributed by atoms with Crippen molar-refractivity contribution in [2.24, 2.45) is 0 Å². The van der Waals surface area contributed by atoms with Crippen molar-refractivity contribution in [3.8, 4) is 0 Å². The Morgan fingerprint density at radius 1 is 1.12 bits per heavy atom. The minimum absolute atomic E-state index is 0.334. The molecule has 0 aliphatic heterocycles. The van der Waals surface area contributed by atoms with Crippen LogP contribution in [0, 0.1) is 0 Å². The molecule has 0 fully saturated rings. The predicted molar refractivity (Wildman–Crippen MR) is 87.1 cm³/mol. The van der Waals surface area contributed by atoms with Crippen LogP contribution in [0.5, 0.6) is 0 Å². The van der Waals surface area contributed by atoms with Crippen LogP contribution < -0.4 is 5.32 Å². The number of hydrogen-bond acceptors (Lipinski definition) is 5. The van der Waals surface area contributed by atoms with Gasteiger partial charge in [-0.15, -0.1) is 0 Å². The van der Waals surface area contributed by atoms with Crippen LogP contribution in [0.3, 0.4) is 0 Å². The number of amides is 2. The van der Waals surface area contributed by atoms with Crippen molar-refractivity contribution in [1.82, 2.24) is 10.2 Å². The second-order valence-electron chi connectivity index (χ2n) is 6.03. The van der Waals surface area contributed by atoms with Gasteiger partial charge in [0, 0.05) is 25.2 Å². The van der Waals surface area contributed by atoms with E-state index in [4.69, 9.17) is 9.84 Å². The van der Waals surface area contributed by atoms with Crippen molar-refractivity contribution in [1.29, 1.82) is 0 Å². The first-order valence-electron chi connectivity index (χ1n) is 7.72. The first-order chi connectivity index (χ1) is 11.0. The largest absolute Gasteiger partial charge is 0.478 e. The van der Waals surface area contributed by atoms with E-state index in [2.05, 4.69) is 5.32 Å². The number of carbonyl (C=O) groups is 4. The van der Waals surface area contributed by atoms with Crippen molar-refractivity contribution < 1.29 is 29.0 Å². The zero-order chi connectivity index (χ0) is 18.9. The van der Waals surface area contributed by atoms with Crippen LogP contribution in [0.15, 0.2) is 12.2 Å². The zero-order valence-corrected chi connectivity index (χ0v) is 14.8. The van der Waals surface area contributed by atoms with E-state index in [1.54, 1.807) is 34.6 Å². The highest BCUT2D eigenvalue weighted by Gasteiger charge is 2.28. The topological polar surface area (TPSA) is 113 Å². The Morgan fingerprint density at radius 3 is 2.08 bits per heavy atom. The molecule has 0 bridgehead atoms. The minimum atomic E-state index is -1.29. The first kappa shape index (κ1) is 21.6.